The van der Waals surface area contributed by atoms with E-state index >= 15 is 8.78 Å². The number of pyridine rings is 3. The summed E-state index contributed by atoms with van der Waals surface area (Å²) in [4.78, 5) is 67.1. The Balaban J connectivity index is 1.22. The Hall–Kier alpha value is -6.66. The zero-order valence-electron chi connectivity index (χ0n) is 31.6. The number of hydrogen-bond donors (Lipinski definition) is 2. The number of anilines is 1. The Labute approximate surface area is 331 Å². The maximum Gasteiger partial charge on any atom is 0.335 e. The predicted octanol–water partition coefficient (Wildman–Crippen LogP) is 3.85. The van der Waals surface area contributed by atoms with Crippen molar-refractivity contribution in [2.24, 2.45) is 7.05 Å². The summed E-state index contributed by atoms with van der Waals surface area (Å²) in [6, 6.07) is 13.5. The lowest BCUT2D eigenvalue weighted by molar-refractivity contribution is -0.146. The molecule has 0 saturated heterocycles. The van der Waals surface area contributed by atoms with E-state index < -0.39 is 62.1 Å². The van der Waals surface area contributed by atoms with Crippen LogP contribution in [-0.4, -0.2) is 81.6 Å². The van der Waals surface area contributed by atoms with Gasteiger partial charge in [0.05, 0.1) is 34.2 Å². The molecule has 15 nitrogen and oxygen atoms in total. The molecule has 0 bridgehead atoms. The fourth-order valence-electron chi connectivity index (χ4n) is 6.17. The molecule has 2 N–H and O–H groups in total. The van der Waals surface area contributed by atoms with Crippen molar-refractivity contribution < 1.29 is 31.5 Å². The van der Waals surface area contributed by atoms with Gasteiger partial charge in [-0.1, -0.05) is 26.0 Å². The lowest BCUT2D eigenvalue weighted by Crippen LogP contribution is -2.44. The molecule has 0 fully saturated rings. The first-order valence-electron chi connectivity index (χ1n) is 18.0. The summed E-state index contributed by atoms with van der Waals surface area (Å²) in [6.45, 7) is 5.63. The summed E-state index contributed by atoms with van der Waals surface area (Å²) >= 11 is 0. The van der Waals surface area contributed by atoms with Crippen molar-refractivity contribution in [1.29, 1.82) is 0 Å². The largest absolute Gasteiger partial charge is 0.463 e. The maximum absolute atomic E-state index is 15.5. The number of esters is 1. The number of hydrogen-bond acceptors (Lipinski definition) is 11. The van der Waals surface area contributed by atoms with Gasteiger partial charge in [-0.2, -0.15) is 0 Å². The first-order chi connectivity index (χ1) is 27.8. The van der Waals surface area contributed by atoms with Crippen molar-refractivity contribution >= 4 is 38.5 Å². The molecule has 2 aromatic carbocycles. The Bertz CT molecular complexity index is 2670. The molecule has 0 aliphatic rings. The third kappa shape index (κ3) is 8.98. The van der Waals surface area contributed by atoms with E-state index in [1.165, 1.54) is 66.5 Å². The van der Waals surface area contributed by atoms with Crippen molar-refractivity contribution in [1.82, 2.24) is 34.3 Å². The molecular formula is C40H38F2N8O7S. The highest BCUT2D eigenvalue weighted by Crippen LogP contribution is 2.24. The average molecular weight is 813 g/mol. The van der Waals surface area contributed by atoms with Gasteiger partial charge in [0.15, 0.2) is 0 Å². The van der Waals surface area contributed by atoms with E-state index in [1.807, 2.05) is 18.7 Å². The lowest BCUT2D eigenvalue weighted by Gasteiger charge is -2.21. The van der Waals surface area contributed by atoms with Crippen LogP contribution < -0.4 is 21.3 Å². The zero-order valence-corrected chi connectivity index (χ0v) is 32.4. The molecular weight excluding hydrogens is 775 g/mol. The molecule has 0 saturated carbocycles. The fraction of sp³-hybridized carbons (Fsp3) is 0.225. The lowest BCUT2D eigenvalue weighted by atomic mass is 10.0. The Morgan fingerprint density at radius 2 is 1.57 bits per heavy atom. The molecule has 0 unspecified atom stereocenters. The van der Waals surface area contributed by atoms with Gasteiger partial charge in [0.2, 0.25) is 0 Å². The van der Waals surface area contributed by atoms with Crippen LogP contribution in [0.2, 0.25) is 0 Å². The number of rotatable bonds is 15. The number of fused-ring (bicyclic) bond motifs is 1. The number of sulfonamides is 1. The Kier molecular flexibility index (Phi) is 12.5. The first-order valence-corrected chi connectivity index (χ1v) is 19.5. The summed E-state index contributed by atoms with van der Waals surface area (Å²) in [7, 11) is -2.85. The second-order valence-electron chi connectivity index (χ2n) is 13.0. The Morgan fingerprint density at radius 1 is 0.897 bits per heavy atom. The number of benzene rings is 2. The van der Waals surface area contributed by atoms with Gasteiger partial charge in [-0.3, -0.25) is 33.8 Å². The smallest absolute Gasteiger partial charge is 0.335 e. The van der Waals surface area contributed by atoms with Gasteiger partial charge in [0.25, 0.3) is 21.5 Å². The molecule has 6 rings (SSSR count). The average Bonchev–Trinajstić information content (AvgIpc) is 3.22. The fourth-order valence-corrected chi connectivity index (χ4v) is 7.16. The summed E-state index contributed by atoms with van der Waals surface area (Å²) in [5, 5.41) is 2.63. The van der Waals surface area contributed by atoms with Gasteiger partial charge in [0.1, 0.15) is 34.7 Å². The van der Waals surface area contributed by atoms with Crippen molar-refractivity contribution in [2.45, 2.75) is 31.2 Å². The molecule has 0 spiro atoms. The van der Waals surface area contributed by atoms with Crippen LogP contribution in [0.1, 0.15) is 29.8 Å². The third-order valence-corrected chi connectivity index (χ3v) is 10.8. The minimum Gasteiger partial charge on any atom is -0.463 e. The maximum atomic E-state index is 15.5. The van der Waals surface area contributed by atoms with Gasteiger partial charge in [-0.05, 0) is 73.3 Å². The molecule has 300 valence electrons. The van der Waals surface area contributed by atoms with Crippen LogP contribution >= 0.6 is 0 Å². The summed E-state index contributed by atoms with van der Waals surface area (Å²) in [6.07, 6.45) is 6.84. The number of amides is 1. The van der Waals surface area contributed by atoms with Crippen LogP contribution in [0.4, 0.5) is 14.5 Å². The topological polar surface area (TPSA) is 187 Å². The number of aryl methyl sites for hydroxylation is 1. The van der Waals surface area contributed by atoms with E-state index in [4.69, 9.17) is 4.74 Å². The molecule has 4 aromatic heterocycles. The van der Waals surface area contributed by atoms with Crippen LogP contribution in [-0.2, 0) is 33.0 Å². The van der Waals surface area contributed by atoms with Crippen molar-refractivity contribution in [3.63, 3.8) is 0 Å². The molecule has 0 aliphatic carbocycles. The number of ether oxygens (including phenoxy) is 1. The second-order valence-corrected chi connectivity index (χ2v) is 14.7. The normalized spacial score (nSPS) is 12.0. The van der Waals surface area contributed by atoms with Crippen molar-refractivity contribution in [3.05, 3.63) is 141 Å². The molecule has 4 heterocycles. The number of nitrogens with one attached hydrogen (secondary N) is 2. The quantitative estimate of drug-likeness (QED) is 0.144. The molecule has 6 aromatic rings. The Morgan fingerprint density at radius 3 is 2.21 bits per heavy atom. The summed E-state index contributed by atoms with van der Waals surface area (Å²) in [5.74, 6) is -5.00. The number of aromatic nitrogens is 5. The highest BCUT2D eigenvalue weighted by molar-refractivity contribution is 7.92. The van der Waals surface area contributed by atoms with Crippen LogP contribution in [0.3, 0.4) is 0 Å². The summed E-state index contributed by atoms with van der Waals surface area (Å²) < 4.78 is 67.0. The molecule has 1 amide bonds. The van der Waals surface area contributed by atoms with E-state index in [0.29, 0.717) is 54.1 Å². The standard InChI is InChI=1S/C40H38F2N8O7S/c1-4-49(5-2)18-19-57-39(53)34(20-25-6-8-28(9-7-25)50-38(52)30-14-17-44-24-35(30)48(3)40(50)54)46-37(51)36-31(41)21-27(22-32(36)42)47-58(55,56)29-10-11-33(45-23-29)26-12-15-43-16-13-26/h6-17,21-24,34,47H,4-5,18-20H2,1-3H3,(H,46,51)/t34-/m0/s1. The third-order valence-electron chi connectivity index (χ3n) is 9.39. The zero-order chi connectivity index (χ0) is 41.6. The number of nitrogens with zero attached hydrogens (tertiary/aromatic N) is 6. The highest BCUT2D eigenvalue weighted by Gasteiger charge is 2.28. The molecule has 18 heteroatoms. The number of carbonyl (C=O) groups is 2. The van der Waals surface area contributed by atoms with Crippen molar-refractivity contribution in [2.75, 3.05) is 31.0 Å². The molecule has 58 heavy (non-hydrogen) atoms. The SMILES string of the molecule is CCN(CC)CCOC(=O)[C@H](Cc1ccc(-n2c(=O)c3ccncc3n(C)c2=O)cc1)NC(=O)c1c(F)cc(NS(=O)(=O)c2ccc(-c3ccncc3)nc2)cc1F. The van der Waals surface area contributed by atoms with E-state index in [9.17, 15) is 27.6 Å². The van der Waals surface area contributed by atoms with E-state index in [1.54, 1.807) is 24.5 Å². The van der Waals surface area contributed by atoms with Crippen LogP contribution in [0, 0.1) is 11.6 Å². The number of halogens is 2. The minimum atomic E-state index is -4.36. The highest BCUT2D eigenvalue weighted by atomic mass is 32.2. The molecule has 0 aliphatic heterocycles. The summed E-state index contributed by atoms with van der Waals surface area (Å²) in [5.41, 5.74) is -0.556. The first kappa shape index (κ1) is 41.0. The van der Waals surface area contributed by atoms with Gasteiger partial charge in [-0.15, -0.1) is 0 Å². The monoisotopic (exact) mass is 812 g/mol. The van der Waals surface area contributed by atoms with Crippen LogP contribution in [0.15, 0.2) is 112 Å². The van der Waals surface area contributed by atoms with Crippen LogP contribution in [0.5, 0.6) is 0 Å². The van der Waals surface area contributed by atoms with E-state index in [-0.39, 0.29) is 29.0 Å². The minimum absolute atomic E-state index is 0.0327. The van der Waals surface area contributed by atoms with Crippen LogP contribution in [0.25, 0.3) is 27.8 Å². The predicted molar refractivity (Wildman–Crippen MR) is 211 cm³/mol. The number of likely N-dealkylation sites (N-methyl/N-ethyl adjacent to an activating group) is 1. The van der Waals surface area contributed by atoms with E-state index in [0.717, 1.165) is 10.8 Å². The molecule has 0 radical (unpaired) electrons. The van der Waals surface area contributed by atoms with Gasteiger partial charge in [-0.25, -0.2) is 31.4 Å². The second kappa shape index (κ2) is 17.6. The van der Waals surface area contributed by atoms with Gasteiger partial charge >= 0.3 is 11.7 Å². The van der Waals surface area contributed by atoms with Gasteiger partial charge < -0.3 is 15.0 Å². The van der Waals surface area contributed by atoms with Crippen molar-refractivity contribution in [3.8, 4) is 16.9 Å². The van der Waals surface area contributed by atoms with E-state index in [2.05, 4.69) is 25.0 Å². The van der Waals surface area contributed by atoms with Gasteiger partial charge in [0, 0.05) is 50.4 Å². The number of carbonyl (C=O) groups excluding carboxylic acids is 2. The molecule has 1 atom stereocenters.